The zero-order valence-electron chi connectivity index (χ0n) is 15.5. The third kappa shape index (κ3) is 4.94. The number of piperidine rings is 1. The molecule has 0 aliphatic carbocycles. The number of ether oxygens (including phenoxy) is 1. The summed E-state index contributed by atoms with van der Waals surface area (Å²) in [5.74, 6) is 1.33. The Labute approximate surface area is 168 Å². The second kappa shape index (κ2) is 8.95. The highest BCUT2D eigenvalue weighted by molar-refractivity contribution is 7.09. The molecule has 1 fully saturated rings. The number of likely N-dealkylation sites (tertiary alicyclic amines) is 1. The van der Waals surface area contributed by atoms with E-state index in [-0.39, 0.29) is 11.8 Å². The fourth-order valence-electron chi connectivity index (χ4n) is 3.24. The molecule has 28 heavy (non-hydrogen) atoms. The van der Waals surface area contributed by atoms with Gasteiger partial charge in [-0.15, -0.1) is 11.3 Å². The molecule has 1 N–H and O–H groups in total. The first-order chi connectivity index (χ1) is 13.8. The van der Waals surface area contributed by atoms with Crippen molar-refractivity contribution in [3.63, 3.8) is 0 Å². The predicted molar refractivity (Wildman–Crippen MR) is 109 cm³/mol. The number of para-hydroxylation sites is 1. The smallest absolute Gasteiger partial charge is 0.227 e. The van der Waals surface area contributed by atoms with Gasteiger partial charge in [0, 0.05) is 23.6 Å². The second-order valence-corrected chi connectivity index (χ2v) is 7.74. The third-order valence-corrected chi connectivity index (χ3v) is 5.53. The number of nitrogens with zero attached hydrogens (tertiary/aromatic N) is 3. The first kappa shape index (κ1) is 18.6. The molecule has 0 atom stereocenters. The van der Waals surface area contributed by atoms with Gasteiger partial charge in [0.2, 0.25) is 11.8 Å². The van der Waals surface area contributed by atoms with Crippen molar-refractivity contribution in [2.75, 3.05) is 18.4 Å². The van der Waals surface area contributed by atoms with Gasteiger partial charge in [-0.1, -0.05) is 18.2 Å². The first-order valence-electron chi connectivity index (χ1n) is 9.37. The molecule has 144 valence electrons. The zero-order chi connectivity index (χ0) is 19.2. The van der Waals surface area contributed by atoms with Crippen LogP contribution in [0.4, 0.5) is 5.69 Å². The minimum absolute atomic E-state index is 0.0350. The monoisotopic (exact) mass is 394 g/mol. The van der Waals surface area contributed by atoms with E-state index in [1.54, 1.807) is 23.6 Å². The minimum Gasteiger partial charge on any atom is -0.439 e. The molecular weight excluding hydrogens is 372 g/mol. The number of carbonyl (C=O) groups excluding carboxylic acids is 1. The van der Waals surface area contributed by atoms with Crippen LogP contribution in [0.3, 0.4) is 0 Å². The standard InChI is InChI=1S/C21H22N4O2S/c26-21(16-8-11-25(12-9-16)15-20-22-10-13-28-20)24-17-6-7-19(23-14-17)27-18-4-2-1-3-5-18/h1-7,10,13-14,16H,8-9,11-12,15H2,(H,24,26). The summed E-state index contributed by atoms with van der Waals surface area (Å²) >= 11 is 1.68. The van der Waals surface area contributed by atoms with Gasteiger partial charge in [0.15, 0.2) is 0 Å². The maximum atomic E-state index is 12.6. The maximum Gasteiger partial charge on any atom is 0.227 e. The van der Waals surface area contributed by atoms with E-state index >= 15 is 0 Å². The summed E-state index contributed by atoms with van der Waals surface area (Å²) < 4.78 is 5.68. The Morgan fingerprint density at radius 1 is 1.14 bits per heavy atom. The number of anilines is 1. The van der Waals surface area contributed by atoms with Gasteiger partial charge < -0.3 is 10.1 Å². The molecule has 1 aliphatic heterocycles. The third-order valence-electron chi connectivity index (χ3n) is 4.77. The topological polar surface area (TPSA) is 67.3 Å². The largest absolute Gasteiger partial charge is 0.439 e. The number of pyridine rings is 1. The van der Waals surface area contributed by atoms with Gasteiger partial charge in [-0.25, -0.2) is 9.97 Å². The summed E-state index contributed by atoms with van der Waals surface area (Å²) in [5.41, 5.74) is 0.690. The Morgan fingerprint density at radius 2 is 1.96 bits per heavy atom. The van der Waals surface area contributed by atoms with Crippen molar-refractivity contribution in [3.05, 3.63) is 65.2 Å². The molecule has 0 spiro atoms. The summed E-state index contributed by atoms with van der Waals surface area (Å²) in [4.78, 5) is 23.5. The van der Waals surface area contributed by atoms with Gasteiger partial charge in [-0.3, -0.25) is 9.69 Å². The van der Waals surface area contributed by atoms with Gasteiger partial charge in [0.1, 0.15) is 10.8 Å². The van der Waals surface area contributed by atoms with E-state index in [0.29, 0.717) is 11.6 Å². The van der Waals surface area contributed by atoms with E-state index in [2.05, 4.69) is 20.2 Å². The van der Waals surface area contributed by atoms with Gasteiger partial charge in [0.05, 0.1) is 18.4 Å². The lowest BCUT2D eigenvalue weighted by atomic mass is 9.96. The molecule has 3 aromatic rings. The highest BCUT2D eigenvalue weighted by Crippen LogP contribution is 2.23. The summed E-state index contributed by atoms with van der Waals surface area (Å²) in [6.45, 7) is 2.71. The number of amides is 1. The van der Waals surface area contributed by atoms with Crippen LogP contribution < -0.4 is 10.1 Å². The molecule has 0 bridgehead atoms. The van der Waals surface area contributed by atoms with Crippen LogP contribution in [0.1, 0.15) is 17.8 Å². The lowest BCUT2D eigenvalue weighted by Crippen LogP contribution is -2.37. The summed E-state index contributed by atoms with van der Waals surface area (Å²) in [5, 5.41) is 6.11. The molecule has 7 heteroatoms. The van der Waals surface area contributed by atoms with E-state index in [9.17, 15) is 4.79 Å². The van der Waals surface area contributed by atoms with Crippen LogP contribution in [-0.2, 0) is 11.3 Å². The first-order valence-corrected chi connectivity index (χ1v) is 10.2. The lowest BCUT2D eigenvalue weighted by molar-refractivity contribution is -0.121. The number of thiazole rings is 1. The Morgan fingerprint density at radius 3 is 2.64 bits per heavy atom. The number of carbonyl (C=O) groups is 1. The number of hydrogen-bond acceptors (Lipinski definition) is 6. The van der Waals surface area contributed by atoms with E-state index in [1.165, 1.54) is 0 Å². The van der Waals surface area contributed by atoms with Crippen LogP contribution in [0, 0.1) is 5.92 Å². The normalized spacial score (nSPS) is 15.3. The SMILES string of the molecule is O=C(Nc1ccc(Oc2ccccc2)nc1)C1CCN(Cc2nccs2)CC1. The summed E-state index contributed by atoms with van der Waals surface area (Å²) in [6.07, 6.45) is 5.19. The number of hydrogen-bond donors (Lipinski definition) is 1. The van der Waals surface area contributed by atoms with E-state index in [4.69, 9.17) is 4.74 Å². The molecule has 1 aliphatic rings. The Balaban J connectivity index is 1.26. The molecule has 2 aromatic heterocycles. The average Bonchev–Trinajstić information content (AvgIpc) is 3.24. The summed E-state index contributed by atoms with van der Waals surface area (Å²) in [7, 11) is 0. The van der Waals surface area contributed by atoms with Crippen molar-refractivity contribution in [2.24, 2.45) is 5.92 Å². The Hall–Kier alpha value is -2.77. The zero-order valence-corrected chi connectivity index (χ0v) is 16.3. The lowest BCUT2D eigenvalue weighted by Gasteiger charge is -2.30. The van der Waals surface area contributed by atoms with Gasteiger partial charge in [0.25, 0.3) is 0 Å². The van der Waals surface area contributed by atoms with Gasteiger partial charge in [-0.2, -0.15) is 0 Å². The molecule has 1 amide bonds. The highest BCUT2D eigenvalue weighted by Gasteiger charge is 2.25. The molecule has 0 saturated carbocycles. The molecule has 4 rings (SSSR count). The quantitative estimate of drug-likeness (QED) is 0.679. The van der Waals surface area contributed by atoms with Crippen molar-refractivity contribution in [2.45, 2.75) is 19.4 Å². The number of aromatic nitrogens is 2. The Kier molecular flexibility index (Phi) is 5.94. The molecule has 1 aromatic carbocycles. The van der Waals surface area contributed by atoms with E-state index in [1.807, 2.05) is 48.0 Å². The predicted octanol–water partition coefficient (Wildman–Crippen LogP) is 4.18. The van der Waals surface area contributed by atoms with Crippen molar-refractivity contribution in [3.8, 4) is 11.6 Å². The van der Waals surface area contributed by atoms with E-state index < -0.39 is 0 Å². The maximum absolute atomic E-state index is 12.6. The fraction of sp³-hybridized carbons (Fsp3) is 0.286. The average molecular weight is 395 g/mol. The fourth-order valence-corrected chi connectivity index (χ4v) is 3.90. The van der Waals surface area contributed by atoms with Crippen LogP contribution in [0.2, 0.25) is 0 Å². The molecule has 6 nitrogen and oxygen atoms in total. The molecular formula is C21H22N4O2S. The number of nitrogens with one attached hydrogen (secondary N) is 1. The van der Waals surface area contributed by atoms with Crippen molar-refractivity contribution >= 4 is 22.9 Å². The van der Waals surface area contributed by atoms with E-state index in [0.717, 1.165) is 43.2 Å². The minimum atomic E-state index is 0.0350. The molecule has 1 saturated heterocycles. The van der Waals surface area contributed by atoms with Crippen LogP contribution in [0.25, 0.3) is 0 Å². The van der Waals surface area contributed by atoms with Crippen molar-refractivity contribution < 1.29 is 9.53 Å². The van der Waals surface area contributed by atoms with Crippen LogP contribution in [0.15, 0.2) is 60.2 Å². The number of benzene rings is 1. The van der Waals surface area contributed by atoms with Crippen molar-refractivity contribution in [1.82, 2.24) is 14.9 Å². The summed E-state index contributed by atoms with van der Waals surface area (Å²) in [6, 6.07) is 13.1. The Bertz CT molecular complexity index is 877. The molecule has 3 heterocycles. The second-order valence-electron chi connectivity index (χ2n) is 6.77. The number of rotatable bonds is 6. The molecule has 0 radical (unpaired) electrons. The van der Waals surface area contributed by atoms with Crippen LogP contribution >= 0.6 is 11.3 Å². The van der Waals surface area contributed by atoms with Crippen LogP contribution in [0.5, 0.6) is 11.6 Å². The van der Waals surface area contributed by atoms with Crippen molar-refractivity contribution in [1.29, 1.82) is 0 Å². The van der Waals surface area contributed by atoms with Crippen LogP contribution in [-0.4, -0.2) is 33.9 Å². The highest BCUT2D eigenvalue weighted by atomic mass is 32.1. The van der Waals surface area contributed by atoms with Gasteiger partial charge in [-0.05, 0) is 44.1 Å². The molecule has 0 unspecified atom stereocenters. The van der Waals surface area contributed by atoms with Gasteiger partial charge >= 0.3 is 0 Å².